The number of hydrogen-bond donors (Lipinski definition) is 1. The first-order valence-electron chi connectivity index (χ1n) is 8.90. The highest BCUT2D eigenvalue weighted by atomic mass is 16.5. The largest absolute Gasteiger partial charge is 0.493 e. The van der Waals surface area contributed by atoms with Gasteiger partial charge >= 0.3 is 5.91 Å². The quantitative estimate of drug-likeness (QED) is 0.625. The van der Waals surface area contributed by atoms with Crippen molar-refractivity contribution < 1.29 is 14.6 Å². The van der Waals surface area contributed by atoms with Gasteiger partial charge in [0.05, 0.1) is 5.52 Å². The molecule has 6 heteroatoms. The summed E-state index contributed by atoms with van der Waals surface area (Å²) in [4.78, 5) is 12.0. The van der Waals surface area contributed by atoms with E-state index in [1.165, 1.54) is 0 Å². The molecule has 0 saturated carbocycles. The molecule has 6 nitrogen and oxygen atoms in total. The van der Waals surface area contributed by atoms with Crippen molar-refractivity contribution in [3.8, 4) is 11.6 Å². The predicted molar refractivity (Wildman–Crippen MR) is 105 cm³/mol. The Hall–Kier alpha value is -3.15. The number of carbonyl (C=O) groups excluding carboxylic acids is 1. The van der Waals surface area contributed by atoms with Gasteiger partial charge in [0.1, 0.15) is 5.75 Å². The van der Waals surface area contributed by atoms with Gasteiger partial charge in [-0.1, -0.05) is 43.7 Å². The lowest BCUT2D eigenvalue weighted by Gasteiger charge is -2.09. The molecule has 0 saturated heterocycles. The molecule has 0 atom stereocenters. The van der Waals surface area contributed by atoms with Gasteiger partial charge in [-0.15, -0.1) is 10.2 Å². The van der Waals surface area contributed by atoms with Crippen molar-refractivity contribution in [2.45, 2.75) is 27.3 Å². The Labute approximate surface area is 158 Å². The van der Waals surface area contributed by atoms with E-state index in [2.05, 4.69) is 24.1 Å². The minimum Gasteiger partial charge on any atom is -0.493 e. The lowest BCUT2D eigenvalue weighted by atomic mass is 10.1. The summed E-state index contributed by atoms with van der Waals surface area (Å²) < 4.78 is 7.18. The molecule has 0 spiro atoms. The van der Waals surface area contributed by atoms with Gasteiger partial charge in [-0.05, 0) is 37.1 Å². The average Bonchev–Trinajstić information content (AvgIpc) is 2.89. The van der Waals surface area contributed by atoms with Gasteiger partial charge in [0.15, 0.2) is 12.3 Å². The number of aromatic nitrogens is 1. The van der Waals surface area contributed by atoms with Crippen LogP contribution in [0.15, 0.2) is 58.8 Å². The molecule has 140 valence electrons. The number of hydrogen-bond acceptors (Lipinski definition) is 4. The number of para-hydroxylation sites is 1. The van der Waals surface area contributed by atoms with E-state index in [0.29, 0.717) is 23.9 Å². The maximum absolute atomic E-state index is 12.0. The highest BCUT2D eigenvalue weighted by molar-refractivity contribution is 5.95. The standard InChI is InChI=1S/C21H23N3O3/c1-14(2)12-24-18-10-9-15(3)11-17(18)20(21(24)26)23-22-19(25)13-27-16-7-5-4-6-8-16/h4-11,14,26H,12-13H2,1-3H3. The zero-order valence-corrected chi connectivity index (χ0v) is 15.7. The minimum atomic E-state index is -0.518. The Morgan fingerprint density at radius 1 is 1.19 bits per heavy atom. The molecule has 0 aliphatic heterocycles. The molecule has 1 amide bonds. The van der Waals surface area contributed by atoms with Gasteiger partial charge in [-0.2, -0.15) is 0 Å². The van der Waals surface area contributed by atoms with Crippen molar-refractivity contribution in [3.05, 3.63) is 54.1 Å². The Morgan fingerprint density at radius 2 is 1.93 bits per heavy atom. The number of azo groups is 1. The smallest absolute Gasteiger partial charge is 0.302 e. The number of carbonyl (C=O) groups is 1. The zero-order chi connectivity index (χ0) is 19.4. The molecule has 1 heterocycles. The van der Waals surface area contributed by atoms with Crippen LogP contribution in [0.4, 0.5) is 5.69 Å². The lowest BCUT2D eigenvalue weighted by molar-refractivity contribution is -0.120. The third kappa shape index (κ3) is 4.34. The highest BCUT2D eigenvalue weighted by Crippen LogP contribution is 2.39. The van der Waals surface area contributed by atoms with Crippen molar-refractivity contribution in [2.75, 3.05) is 6.61 Å². The van der Waals surface area contributed by atoms with Gasteiger partial charge in [-0.3, -0.25) is 4.79 Å². The molecular weight excluding hydrogens is 342 g/mol. The van der Waals surface area contributed by atoms with Crippen LogP contribution >= 0.6 is 0 Å². The second kappa shape index (κ2) is 8.03. The molecule has 27 heavy (non-hydrogen) atoms. The number of nitrogens with zero attached hydrogens (tertiary/aromatic N) is 3. The van der Waals surface area contributed by atoms with E-state index in [1.54, 1.807) is 16.7 Å². The number of amides is 1. The van der Waals surface area contributed by atoms with Crippen molar-refractivity contribution in [3.63, 3.8) is 0 Å². The van der Waals surface area contributed by atoms with E-state index in [-0.39, 0.29) is 12.5 Å². The fourth-order valence-electron chi connectivity index (χ4n) is 2.88. The van der Waals surface area contributed by atoms with E-state index >= 15 is 0 Å². The zero-order valence-electron chi connectivity index (χ0n) is 15.7. The first kappa shape index (κ1) is 18.6. The Morgan fingerprint density at radius 3 is 2.63 bits per heavy atom. The van der Waals surface area contributed by atoms with Crippen LogP contribution in [0.25, 0.3) is 10.9 Å². The average molecular weight is 365 g/mol. The Balaban J connectivity index is 1.85. The number of fused-ring (bicyclic) bond motifs is 1. The van der Waals surface area contributed by atoms with Crippen LogP contribution in [0.1, 0.15) is 19.4 Å². The van der Waals surface area contributed by atoms with Crippen LogP contribution in [0, 0.1) is 12.8 Å². The maximum Gasteiger partial charge on any atom is 0.302 e. The van der Waals surface area contributed by atoms with Crippen molar-refractivity contribution >= 4 is 22.5 Å². The molecule has 0 fully saturated rings. The van der Waals surface area contributed by atoms with Gasteiger partial charge in [0.2, 0.25) is 5.88 Å². The molecule has 0 bridgehead atoms. The predicted octanol–water partition coefficient (Wildman–Crippen LogP) is 5.00. The first-order chi connectivity index (χ1) is 13.0. The van der Waals surface area contributed by atoms with Crippen molar-refractivity contribution in [1.29, 1.82) is 0 Å². The van der Waals surface area contributed by atoms with E-state index in [9.17, 15) is 9.90 Å². The molecule has 2 aromatic carbocycles. The summed E-state index contributed by atoms with van der Waals surface area (Å²) in [5, 5.41) is 19.2. The van der Waals surface area contributed by atoms with Crippen LogP contribution in [-0.4, -0.2) is 22.2 Å². The molecule has 3 rings (SSSR count). The summed E-state index contributed by atoms with van der Waals surface area (Å²) in [6.45, 7) is 6.55. The van der Waals surface area contributed by atoms with Crippen molar-refractivity contribution in [2.24, 2.45) is 16.1 Å². The fraction of sp³-hybridized carbons (Fsp3) is 0.286. The molecule has 0 unspecified atom stereocenters. The maximum atomic E-state index is 12.0. The van der Waals surface area contributed by atoms with Crippen LogP contribution in [0.3, 0.4) is 0 Å². The molecule has 0 aliphatic carbocycles. The van der Waals surface area contributed by atoms with E-state index in [4.69, 9.17) is 4.74 Å². The van der Waals surface area contributed by atoms with E-state index in [1.807, 2.05) is 43.3 Å². The topological polar surface area (TPSA) is 76.2 Å². The molecule has 3 aromatic rings. The van der Waals surface area contributed by atoms with Crippen LogP contribution < -0.4 is 4.74 Å². The van der Waals surface area contributed by atoms with E-state index in [0.717, 1.165) is 16.5 Å². The molecule has 1 aromatic heterocycles. The number of rotatable bonds is 6. The van der Waals surface area contributed by atoms with Gasteiger partial charge < -0.3 is 14.4 Å². The molecule has 0 aliphatic rings. The summed E-state index contributed by atoms with van der Waals surface area (Å²) in [5.74, 6) is 0.437. The number of benzene rings is 2. The molecule has 0 radical (unpaired) electrons. The lowest BCUT2D eigenvalue weighted by Crippen LogP contribution is -2.07. The third-order valence-corrected chi connectivity index (χ3v) is 4.08. The number of aromatic hydroxyl groups is 1. The van der Waals surface area contributed by atoms with Crippen LogP contribution in [0.5, 0.6) is 11.6 Å². The van der Waals surface area contributed by atoms with Gasteiger partial charge in [-0.25, -0.2) is 0 Å². The summed E-state index contributed by atoms with van der Waals surface area (Å²) in [6.07, 6.45) is 0. The Kier molecular flexibility index (Phi) is 5.54. The third-order valence-electron chi connectivity index (χ3n) is 4.08. The van der Waals surface area contributed by atoms with Gasteiger partial charge in [0, 0.05) is 11.9 Å². The molecule has 1 N–H and O–H groups in total. The molecular formula is C21H23N3O3. The van der Waals surface area contributed by atoms with Gasteiger partial charge in [0.25, 0.3) is 0 Å². The summed E-state index contributed by atoms with van der Waals surface area (Å²) in [5.41, 5.74) is 2.22. The summed E-state index contributed by atoms with van der Waals surface area (Å²) in [7, 11) is 0. The second-order valence-corrected chi connectivity index (χ2v) is 6.89. The fourth-order valence-corrected chi connectivity index (χ4v) is 2.88. The Bertz CT molecular complexity index is 975. The SMILES string of the molecule is Cc1ccc2c(c1)c(N=NC(=O)COc1ccccc1)c(O)n2CC(C)C. The monoisotopic (exact) mass is 365 g/mol. The first-order valence-corrected chi connectivity index (χ1v) is 8.90. The highest BCUT2D eigenvalue weighted by Gasteiger charge is 2.18. The summed E-state index contributed by atoms with van der Waals surface area (Å²) in [6, 6.07) is 14.9. The van der Waals surface area contributed by atoms with Crippen molar-refractivity contribution in [1.82, 2.24) is 4.57 Å². The van der Waals surface area contributed by atoms with Crippen LogP contribution in [0.2, 0.25) is 0 Å². The number of ether oxygens (including phenoxy) is 1. The van der Waals surface area contributed by atoms with E-state index < -0.39 is 5.91 Å². The summed E-state index contributed by atoms with van der Waals surface area (Å²) >= 11 is 0. The number of aryl methyl sites for hydroxylation is 1. The second-order valence-electron chi connectivity index (χ2n) is 6.89. The normalized spacial score (nSPS) is 11.6. The minimum absolute atomic E-state index is 0.0184. The van der Waals surface area contributed by atoms with Crippen LogP contribution in [-0.2, 0) is 11.3 Å².